The molecule has 1 aromatic rings. The molecular formula is C23H28ClFN4O2. The van der Waals surface area contributed by atoms with E-state index in [2.05, 4.69) is 10.6 Å². The van der Waals surface area contributed by atoms with Crippen LogP contribution in [0.1, 0.15) is 50.5 Å². The maximum absolute atomic E-state index is 13.6. The van der Waals surface area contributed by atoms with Gasteiger partial charge in [-0.25, -0.2) is 4.39 Å². The van der Waals surface area contributed by atoms with Crippen molar-refractivity contribution in [1.29, 1.82) is 5.26 Å². The molecule has 3 aliphatic carbocycles. The maximum atomic E-state index is 13.6. The van der Waals surface area contributed by atoms with Crippen LogP contribution in [-0.4, -0.2) is 47.6 Å². The quantitative estimate of drug-likeness (QED) is 0.703. The molecule has 0 aromatic heterocycles. The highest BCUT2D eigenvalue weighted by atomic mass is 35.5. The summed E-state index contributed by atoms with van der Waals surface area (Å²) in [5.74, 6) is -0.112. The van der Waals surface area contributed by atoms with Crippen molar-refractivity contribution in [3.05, 3.63) is 34.9 Å². The zero-order valence-corrected chi connectivity index (χ0v) is 18.3. The summed E-state index contributed by atoms with van der Waals surface area (Å²) in [5.41, 5.74) is 0.538. The van der Waals surface area contributed by atoms with E-state index in [9.17, 15) is 14.0 Å². The molecule has 2 amide bonds. The first-order valence-electron chi connectivity index (χ1n) is 11.0. The van der Waals surface area contributed by atoms with E-state index in [1.807, 2.05) is 30.3 Å². The van der Waals surface area contributed by atoms with Crippen LogP contribution in [0.2, 0.25) is 5.02 Å². The van der Waals surface area contributed by atoms with Crippen molar-refractivity contribution in [2.24, 2.45) is 5.41 Å². The van der Waals surface area contributed by atoms with Crippen LogP contribution in [0.25, 0.3) is 0 Å². The minimum absolute atomic E-state index is 0.00262. The van der Waals surface area contributed by atoms with E-state index in [1.54, 1.807) is 0 Å². The van der Waals surface area contributed by atoms with Gasteiger partial charge in [0.25, 0.3) is 0 Å². The van der Waals surface area contributed by atoms with E-state index in [0.29, 0.717) is 11.6 Å². The van der Waals surface area contributed by atoms with Crippen LogP contribution in [-0.2, 0) is 16.1 Å². The van der Waals surface area contributed by atoms with Crippen LogP contribution in [0.15, 0.2) is 24.3 Å². The van der Waals surface area contributed by atoms with Crippen LogP contribution < -0.4 is 10.6 Å². The molecule has 1 aliphatic heterocycles. The van der Waals surface area contributed by atoms with Gasteiger partial charge in [0.15, 0.2) is 0 Å². The fourth-order valence-corrected chi connectivity index (χ4v) is 5.44. The molecule has 8 heteroatoms. The second-order valence-corrected chi connectivity index (χ2v) is 9.68. The minimum Gasteiger partial charge on any atom is -0.352 e. The lowest BCUT2D eigenvalue weighted by molar-refractivity contribution is -0.139. The summed E-state index contributed by atoms with van der Waals surface area (Å²) in [6.07, 6.45) is 3.85. The van der Waals surface area contributed by atoms with Gasteiger partial charge in [-0.2, -0.15) is 5.26 Å². The van der Waals surface area contributed by atoms with E-state index in [4.69, 9.17) is 16.9 Å². The molecule has 2 N–H and O–H groups in total. The van der Waals surface area contributed by atoms with Crippen molar-refractivity contribution in [1.82, 2.24) is 15.5 Å². The van der Waals surface area contributed by atoms with Gasteiger partial charge >= 0.3 is 0 Å². The molecule has 1 saturated heterocycles. The first kappa shape index (κ1) is 22.0. The Morgan fingerprint density at radius 2 is 1.81 bits per heavy atom. The first-order valence-corrected chi connectivity index (χ1v) is 11.3. The highest BCUT2D eigenvalue weighted by Gasteiger charge is 2.52. The smallest absolute Gasteiger partial charge is 0.237 e. The summed E-state index contributed by atoms with van der Waals surface area (Å²) in [6.45, 7) is 0.602. The number of hydrogen-bond acceptors (Lipinski definition) is 4. The summed E-state index contributed by atoms with van der Waals surface area (Å²) in [5, 5.41) is 16.3. The highest BCUT2D eigenvalue weighted by molar-refractivity contribution is 6.30. The van der Waals surface area contributed by atoms with Gasteiger partial charge in [0.2, 0.25) is 11.8 Å². The Hall–Kier alpha value is -2.17. The molecule has 1 aromatic carbocycles. The number of alkyl halides is 1. The number of rotatable bonds is 6. The minimum atomic E-state index is -1.12. The molecule has 1 heterocycles. The molecule has 31 heavy (non-hydrogen) atoms. The summed E-state index contributed by atoms with van der Waals surface area (Å²) in [6, 6.07) is 8.82. The lowest BCUT2D eigenvalue weighted by Crippen LogP contribution is -2.60. The van der Waals surface area contributed by atoms with Crippen LogP contribution in [0.3, 0.4) is 0 Å². The third-order valence-electron chi connectivity index (χ3n) is 7.43. The van der Waals surface area contributed by atoms with Crippen molar-refractivity contribution in [2.75, 3.05) is 13.1 Å². The first-order chi connectivity index (χ1) is 14.8. The van der Waals surface area contributed by atoms with Gasteiger partial charge in [0, 0.05) is 28.9 Å². The second-order valence-electron chi connectivity index (χ2n) is 9.25. The van der Waals surface area contributed by atoms with Gasteiger partial charge in [-0.1, -0.05) is 23.7 Å². The maximum Gasteiger partial charge on any atom is 0.237 e. The average molecular weight is 447 g/mol. The number of carbonyl (C=O) groups is 2. The largest absolute Gasteiger partial charge is 0.352 e. The molecule has 4 aliphatic rings. The van der Waals surface area contributed by atoms with Gasteiger partial charge in [0.1, 0.15) is 12.2 Å². The Morgan fingerprint density at radius 3 is 2.42 bits per heavy atom. The fourth-order valence-electron chi connectivity index (χ4n) is 5.31. The molecular weight excluding hydrogens is 419 g/mol. The predicted molar refractivity (Wildman–Crippen MR) is 115 cm³/mol. The number of carbonyl (C=O) groups excluding carboxylic acids is 2. The lowest BCUT2D eigenvalue weighted by atomic mass is 9.57. The zero-order valence-electron chi connectivity index (χ0n) is 17.5. The summed E-state index contributed by atoms with van der Waals surface area (Å²) in [7, 11) is 0. The van der Waals surface area contributed by atoms with E-state index in [0.717, 1.165) is 44.1 Å². The summed E-state index contributed by atoms with van der Waals surface area (Å²) < 4.78 is 13.6. The fraction of sp³-hybridized carbons (Fsp3) is 0.609. The van der Waals surface area contributed by atoms with Crippen LogP contribution >= 0.6 is 11.6 Å². The molecule has 3 saturated carbocycles. The number of benzene rings is 1. The Kier molecular flexibility index (Phi) is 6.23. The van der Waals surface area contributed by atoms with Crippen molar-refractivity contribution in [3.63, 3.8) is 0 Å². The van der Waals surface area contributed by atoms with Crippen molar-refractivity contribution < 1.29 is 14.0 Å². The van der Waals surface area contributed by atoms with Gasteiger partial charge in [-0.05, 0) is 56.2 Å². The topological polar surface area (TPSA) is 85.2 Å². The van der Waals surface area contributed by atoms with Crippen LogP contribution in [0, 0.1) is 16.7 Å². The van der Waals surface area contributed by atoms with Crippen LogP contribution in [0.5, 0.6) is 0 Å². The van der Waals surface area contributed by atoms with Gasteiger partial charge < -0.3 is 15.5 Å². The summed E-state index contributed by atoms with van der Waals surface area (Å²) >= 11 is 5.91. The van der Waals surface area contributed by atoms with E-state index in [-0.39, 0.29) is 42.3 Å². The number of nitriles is 1. The Bertz CT molecular complexity index is 860. The number of likely N-dealkylation sites (tertiary alicyclic amines) is 1. The number of halogens is 2. The summed E-state index contributed by atoms with van der Waals surface area (Å²) in [4.78, 5) is 26.9. The third kappa shape index (κ3) is 4.56. The molecule has 0 spiro atoms. The molecule has 5 rings (SSSR count). The average Bonchev–Trinajstić information content (AvgIpc) is 3.19. The number of amides is 2. The van der Waals surface area contributed by atoms with Gasteiger partial charge in [0.05, 0.1) is 19.2 Å². The number of nitrogens with zero attached hydrogens (tertiary/aromatic N) is 2. The third-order valence-corrected chi connectivity index (χ3v) is 7.68. The van der Waals surface area contributed by atoms with Crippen molar-refractivity contribution in [2.45, 2.75) is 69.2 Å². The number of fused-ring (bicyclic) bond motifs is 3. The number of nitrogens with one attached hydrogen (secondary N) is 2. The molecule has 2 atom stereocenters. The Morgan fingerprint density at radius 1 is 1.16 bits per heavy atom. The van der Waals surface area contributed by atoms with Crippen molar-refractivity contribution >= 4 is 23.4 Å². The molecule has 0 unspecified atom stereocenters. The van der Waals surface area contributed by atoms with E-state index in [1.165, 1.54) is 4.90 Å². The second kappa shape index (κ2) is 8.76. The Balaban J connectivity index is 1.28. The monoisotopic (exact) mass is 446 g/mol. The van der Waals surface area contributed by atoms with Crippen molar-refractivity contribution in [3.8, 4) is 6.07 Å². The number of hydrogen-bond donors (Lipinski definition) is 2. The SMILES string of the molecule is N#C[C@@H]1C[C@H](F)CN1C(=O)CNC12CCC(C(=O)NCc3ccc(Cl)cc3)(CC1)CC2. The van der Waals surface area contributed by atoms with Crippen LogP contribution in [0.4, 0.5) is 4.39 Å². The lowest BCUT2D eigenvalue weighted by Gasteiger charge is -2.53. The molecule has 4 fully saturated rings. The van der Waals surface area contributed by atoms with Gasteiger partial charge in [-0.15, -0.1) is 0 Å². The molecule has 2 bridgehead atoms. The Labute approximate surface area is 187 Å². The normalized spacial score (nSPS) is 32.0. The zero-order chi connectivity index (χ0) is 22.1. The highest BCUT2D eigenvalue weighted by Crippen LogP contribution is 2.52. The standard InChI is InChI=1S/C23H28ClFN4O2/c24-17-3-1-16(2-4-17)13-27-21(31)22-5-8-23(9-6-22,10-7-22)28-14-20(30)29-15-18(25)11-19(29)12-26/h1-4,18-19,28H,5-11,13-15H2,(H,27,31)/t18-,19-,22?,23?/m0/s1. The molecule has 0 radical (unpaired) electrons. The van der Waals surface area contributed by atoms with Gasteiger partial charge in [-0.3, -0.25) is 9.59 Å². The van der Waals surface area contributed by atoms with E-state index < -0.39 is 12.2 Å². The molecule has 166 valence electrons. The predicted octanol–water partition coefficient (Wildman–Crippen LogP) is 3.10. The molecule has 6 nitrogen and oxygen atoms in total. The van der Waals surface area contributed by atoms with E-state index >= 15 is 0 Å².